The Morgan fingerprint density at radius 1 is 1.47 bits per heavy atom. The van der Waals surface area contributed by atoms with E-state index in [4.69, 9.17) is 10.5 Å². The molecule has 1 aromatic rings. The summed E-state index contributed by atoms with van der Waals surface area (Å²) in [6.45, 7) is 1.53. The van der Waals surface area contributed by atoms with E-state index in [1.165, 1.54) is 0 Å². The fourth-order valence-electron chi connectivity index (χ4n) is 2.47. The van der Waals surface area contributed by atoms with Crippen LogP contribution in [0.1, 0.15) is 18.4 Å². The van der Waals surface area contributed by atoms with Gasteiger partial charge in [0.15, 0.2) is 0 Å². The quantitative estimate of drug-likeness (QED) is 0.849. The molecule has 92 valence electrons. The van der Waals surface area contributed by atoms with Crippen LogP contribution in [0.15, 0.2) is 30.3 Å². The van der Waals surface area contributed by atoms with Crippen molar-refractivity contribution in [3.63, 3.8) is 0 Å². The highest BCUT2D eigenvalue weighted by Crippen LogP contribution is 2.31. The van der Waals surface area contributed by atoms with Gasteiger partial charge in [-0.05, 0) is 12.0 Å². The van der Waals surface area contributed by atoms with Crippen molar-refractivity contribution in [1.82, 2.24) is 4.90 Å². The first kappa shape index (κ1) is 12.1. The van der Waals surface area contributed by atoms with Crippen molar-refractivity contribution in [2.45, 2.75) is 25.1 Å². The fourth-order valence-corrected chi connectivity index (χ4v) is 2.47. The molecule has 0 bridgehead atoms. The van der Waals surface area contributed by atoms with Crippen LogP contribution in [-0.4, -0.2) is 30.2 Å². The first-order valence-electron chi connectivity index (χ1n) is 5.83. The molecule has 0 spiro atoms. The first-order valence-corrected chi connectivity index (χ1v) is 5.83. The van der Waals surface area contributed by atoms with E-state index in [1.807, 2.05) is 35.2 Å². The van der Waals surface area contributed by atoms with Crippen LogP contribution in [-0.2, 0) is 16.1 Å². The summed E-state index contributed by atoms with van der Waals surface area (Å²) in [4.78, 5) is 13.6. The predicted octanol–water partition coefficient (Wildman–Crippen LogP) is 1.11. The number of benzene rings is 1. The van der Waals surface area contributed by atoms with Crippen molar-refractivity contribution < 1.29 is 9.53 Å². The molecule has 2 rings (SSSR count). The molecule has 2 N–H and O–H groups in total. The van der Waals surface area contributed by atoms with Crippen molar-refractivity contribution >= 4 is 5.91 Å². The standard InChI is InChI=1S/C13H18N2O2/c1-17-13(12(14)16)8-5-9-15(13)10-11-6-3-2-4-7-11/h2-4,6-7H,5,8-10H2,1H3,(H2,14,16). The SMILES string of the molecule is COC1(C(N)=O)CCCN1Cc1ccccc1. The predicted molar refractivity (Wildman–Crippen MR) is 65.0 cm³/mol. The van der Waals surface area contributed by atoms with E-state index in [0.717, 1.165) is 18.5 Å². The van der Waals surface area contributed by atoms with Crippen LogP contribution in [0.25, 0.3) is 0 Å². The average Bonchev–Trinajstić information content (AvgIpc) is 2.74. The van der Waals surface area contributed by atoms with Gasteiger partial charge in [0.05, 0.1) is 0 Å². The molecule has 1 fully saturated rings. The summed E-state index contributed by atoms with van der Waals surface area (Å²) in [6, 6.07) is 10.0. The van der Waals surface area contributed by atoms with Gasteiger partial charge in [0.25, 0.3) is 5.91 Å². The zero-order chi connectivity index (χ0) is 12.3. The Balaban J connectivity index is 2.17. The maximum Gasteiger partial charge on any atom is 0.265 e. The number of hydrogen-bond acceptors (Lipinski definition) is 3. The third kappa shape index (κ3) is 2.18. The third-order valence-corrected chi connectivity index (χ3v) is 3.39. The second-order valence-electron chi connectivity index (χ2n) is 4.36. The summed E-state index contributed by atoms with van der Waals surface area (Å²) < 4.78 is 5.40. The van der Waals surface area contributed by atoms with E-state index in [2.05, 4.69) is 0 Å². The lowest BCUT2D eigenvalue weighted by Crippen LogP contribution is -2.54. The van der Waals surface area contributed by atoms with E-state index in [-0.39, 0.29) is 0 Å². The maximum absolute atomic E-state index is 11.6. The minimum Gasteiger partial charge on any atom is -0.366 e. The Labute approximate surface area is 101 Å². The van der Waals surface area contributed by atoms with Gasteiger partial charge < -0.3 is 10.5 Å². The Kier molecular flexibility index (Phi) is 3.45. The Hall–Kier alpha value is -1.39. The Morgan fingerprint density at radius 3 is 2.76 bits per heavy atom. The van der Waals surface area contributed by atoms with Crippen LogP contribution >= 0.6 is 0 Å². The van der Waals surface area contributed by atoms with E-state index < -0.39 is 11.6 Å². The molecule has 1 aliphatic rings. The van der Waals surface area contributed by atoms with Crippen molar-refractivity contribution in [3.8, 4) is 0 Å². The Bertz CT molecular complexity index is 394. The minimum atomic E-state index is -0.921. The lowest BCUT2D eigenvalue weighted by Gasteiger charge is -2.34. The van der Waals surface area contributed by atoms with Crippen LogP contribution in [0.3, 0.4) is 0 Å². The second-order valence-corrected chi connectivity index (χ2v) is 4.36. The summed E-state index contributed by atoms with van der Waals surface area (Å²) in [5, 5.41) is 0. The number of likely N-dealkylation sites (tertiary alicyclic amines) is 1. The van der Waals surface area contributed by atoms with Crippen LogP contribution < -0.4 is 5.73 Å². The van der Waals surface area contributed by atoms with Crippen molar-refractivity contribution in [2.24, 2.45) is 5.73 Å². The molecule has 1 aromatic carbocycles. The van der Waals surface area contributed by atoms with Crippen LogP contribution in [0.4, 0.5) is 0 Å². The normalized spacial score (nSPS) is 25.0. The van der Waals surface area contributed by atoms with Crippen molar-refractivity contribution in [3.05, 3.63) is 35.9 Å². The monoisotopic (exact) mass is 234 g/mol. The first-order chi connectivity index (χ1) is 8.19. The summed E-state index contributed by atoms with van der Waals surface area (Å²) in [7, 11) is 1.55. The lowest BCUT2D eigenvalue weighted by atomic mass is 10.1. The molecule has 1 atom stereocenters. The van der Waals surface area contributed by atoms with E-state index in [1.54, 1.807) is 7.11 Å². The van der Waals surface area contributed by atoms with Gasteiger partial charge in [0.2, 0.25) is 5.72 Å². The summed E-state index contributed by atoms with van der Waals surface area (Å²) in [6.07, 6.45) is 1.61. The average molecular weight is 234 g/mol. The molecule has 0 saturated carbocycles. The van der Waals surface area contributed by atoms with Gasteiger partial charge in [0.1, 0.15) is 0 Å². The maximum atomic E-state index is 11.6. The van der Waals surface area contributed by atoms with E-state index in [9.17, 15) is 4.79 Å². The number of nitrogens with zero attached hydrogens (tertiary/aromatic N) is 1. The molecule has 0 aliphatic carbocycles. The molecule has 1 heterocycles. The van der Waals surface area contributed by atoms with Gasteiger partial charge in [-0.25, -0.2) is 0 Å². The largest absolute Gasteiger partial charge is 0.366 e. The third-order valence-electron chi connectivity index (χ3n) is 3.39. The van der Waals surface area contributed by atoms with Crippen LogP contribution in [0, 0.1) is 0 Å². The molecular weight excluding hydrogens is 216 g/mol. The molecule has 1 saturated heterocycles. The molecular formula is C13H18N2O2. The van der Waals surface area contributed by atoms with Crippen molar-refractivity contribution in [2.75, 3.05) is 13.7 Å². The minimum absolute atomic E-state index is 0.395. The molecule has 4 heteroatoms. The zero-order valence-corrected chi connectivity index (χ0v) is 10.1. The summed E-state index contributed by atoms with van der Waals surface area (Å²) >= 11 is 0. The Morgan fingerprint density at radius 2 is 2.18 bits per heavy atom. The van der Waals surface area contributed by atoms with Crippen molar-refractivity contribution in [1.29, 1.82) is 0 Å². The highest BCUT2D eigenvalue weighted by atomic mass is 16.5. The lowest BCUT2D eigenvalue weighted by molar-refractivity contribution is -0.162. The number of nitrogens with two attached hydrogens (primary N) is 1. The number of ether oxygens (including phenoxy) is 1. The molecule has 17 heavy (non-hydrogen) atoms. The van der Waals surface area contributed by atoms with Gasteiger partial charge in [0, 0.05) is 26.6 Å². The molecule has 4 nitrogen and oxygen atoms in total. The van der Waals surface area contributed by atoms with Gasteiger partial charge in [-0.15, -0.1) is 0 Å². The van der Waals surface area contributed by atoms with Gasteiger partial charge >= 0.3 is 0 Å². The topological polar surface area (TPSA) is 55.6 Å². The number of primary amides is 1. The van der Waals surface area contributed by atoms with Gasteiger partial charge in [-0.3, -0.25) is 9.69 Å². The molecule has 0 aromatic heterocycles. The molecule has 1 aliphatic heterocycles. The van der Waals surface area contributed by atoms with E-state index in [0.29, 0.717) is 13.0 Å². The fraction of sp³-hybridized carbons (Fsp3) is 0.462. The zero-order valence-electron chi connectivity index (χ0n) is 10.1. The number of carbonyl (C=O) groups is 1. The molecule has 1 unspecified atom stereocenters. The second kappa shape index (κ2) is 4.85. The molecule has 0 radical (unpaired) electrons. The number of amides is 1. The highest BCUT2D eigenvalue weighted by Gasteiger charge is 2.46. The number of carbonyl (C=O) groups excluding carboxylic acids is 1. The number of methoxy groups -OCH3 is 1. The summed E-state index contributed by atoms with van der Waals surface area (Å²) in [5.41, 5.74) is 5.72. The smallest absolute Gasteiger partial charge is 0.265 e. The highest BCUT2D eigenvalue weighted by molar-refractivity contribution is 5.83. The number of hydrogen-bond donors (Lipinski definition) is 1. The van der Waals surface area contributed by atoms with Gasteiger partial charge in [-0.1, -0.05) is 30.3 Å². The van der Waals surface area contributed by atoms with Gasteiger partial charge in [-0.2, -0.15) is 0 Å². The molecule has 1 amide bonds. The van der Waals surface area contributed by atoms with Crippen LogP contribution in [0.5, 0.6) is 0 Å². The number of rotatable bonds is 4. The van der Waals surface area contributed by atoms with E-state index >= 15 is 0 Å². The summed E-state index contributed by atoms with van der Waals surface area (Å²) in [5.74, 6) is -0.395. The van der Waals surface area contributed by atoms with Crippen LogP contribution in [0.2, 0.25) is 0 Å².